The molecule has 1 aromatic rings. The fourth-order valence-electron chi connectivity index (χ4n) is 1.55. The Labute approximate surface area is 130 Å². The third-order valence-corrected chi connectivity index (χ3v) is 3.95. The van der Waals surface area contributed by atoms with Crippen molar-refractivity contribution in [3.63, 3.8) is 0 Å². The van der Waals surface area contributed by atoms with Crippen molar-refractivity contribution in [1.29, 1.82) is 0 Å². The first-order chi connectivity index (χ1) is 9.50. The van der Waals surface area contributed by atoms with Crippen molar-refractivity contribution in [3.8, 4) is 0 Å². The van der Waals surface area contributed by atoms with Crippen LogP contribution in [0.25, 0.3) is 0 Å². The normalized spacial score (nSPS) is 10.1. The lowest BCUT2D eigenvalue weighted by Crippen LogP contribution is -2.29. The summed E-state index contributed by atoms with van der Waals surface area (Å²) in [6, 6.07) is 4.89. The second-order valence-corrected chi connectivity index (χ2v) is 5.39. The summed E-state index contributed by atoms with van der Waals surface area (Å²) in [6.07, 6.45) is 2.31. The maximum absolute atomic E-state index is 11.6. The molecule has 110 valence electrons. The van der Waals surface area contributed by atoms with Crippen LogP contribution in [0.4, 0.5) is 10.5 Å². The molecule has 0 aliphatic heterocycles. The second-order valence-electron chi connectivity index (χ2n) is 4.19. The average molecular weight is 364 g/mol. The van der Waals surface area contributed by atoms with E-state index in [2.05, 4.69) is 26.6 Å². The van der Waals surface area contributed by atoms with Crippen LogP contribution in [0.2, 0.25) is 5.02 Å². The maximum Gasteiger partial charge on any atom is 0.319 e. The highest BCUT2D eigenvalue weighted by atomic mass is 79.9. The first-order valence-electron chi connectivity index (χ1n) is 6.21. The Bertz CT molecular complexity index is 483. The number of carboxylic acids is 1. The number of anilines is 1. The van der Waals surface area contributed by atoms with Gasteiger partial charge in [0.05, 0.1) is 15.2 Å². The number of unbranched alkanes of at least 4 members (excludes halogenated alkanes) is 2. The highest BCUT2D eigenvalue weighted by molar-refractivity contribution is 9.10. The summed E-state index contributed by atoms with van der Waals surface area (Å²) in [4.78, 5) is 21.9. The molecule has 3 N–H and O–H groups in total. The largest absolute Gasteiger partial charge is 0.481 e. The summed E-state index contributed by atoms with van der Waals surface area (Å²) < 4.78 is 0.637. The van der Waals surface area contributed by atoms with Crippen LogP contribution in [-0.2, 0) is 4.79 Å². The van der Waals surface area contributed by atoms with Crippen LogP contribution in [0.3, 0.4) is 0 Å². The van der Waals surface area contributed by atoms with Gasteiger partial charge in [-0.3, -0.25) is 4.79 Å². The molecule has 5 nitrogen and oxygen atoms in total. The molecule has 0 aliphatic rings. The summed E-state index contributed by atoms with van der Waals surface area (Å²) in [5.41, 5.74) is 0.598. The molecule has 0 spiro atoms. The smallest absolute Gasteiger partial charge is 0.319 e. The van der Waals surface area contributed by atoms with Crippen LogP contribution in [0.15, 0.2) is 22.7 Å². The highest BCUT2D eigenvalue weighted by Gasteiger charge is 2.07. The van der Waals surface area contributed by atoms with Gasteiger partial charge in [-0.25, -0.2) is 4.79 Å². The SMILES string of the molecule is O=C(O)CCCCCNC(=O)Nc1cccc(Cl)c1Br. The molecule has 0 bridgehead atoms. The van der Waals surface area contributed by atoms with E-state index in [1.54, 1.807) is 18.2 Å². The predicted molar refractivity (Wildman–Crippen MR) is 82.3 cm³/mol. The third kappa shape index (κ3) is 6.25. The lowest BCUT2D eigenvalue weighted by Gasteiger charge is -2.09. The number of carbonyl (C=O) groups excluding carboxylic acids is 1. The number of hydrogen-bond acceptors (Lipinski definition) is 2. The van der Waals surface area contributed by atoms with Crippen LogP contribution in [-0.4, -0.2) is 23.7 Å². The van der Waals surface area contributed by atoms with Crippen molar-refractivity contribution in [2.75, 3.05) is 11.9 Å². The number of nitrogens with one attached hydrogen (secondary N) is 2. The Morgan fingerprint density at radius 3 is 2.70 bits per heavy atom. The summed E-state index contributed by atoms with van der Waals surface area (Å²) in [7, 11) is 0. The molecular weight excluding hydrogens is 348 g/mol. The number of carboxylic acid groups (broad SMARTS) is 1. The summed E-state index contributed by atoms with van der Waals surface area (Å²) in [5.74, 6) is -0.790. The molecular formula is C13H16BrClN2O3. The van der Waals surface area contributed by atoms with Crippen LogP contribution < -0.4 is 10.6 Å². The molecule has 0 aliphatic carbocycles. The van der Waals surface area contributed by atoms with E-state index in [0.717, 1.165) is 12.8 Å². The highest BCUT2D eigenvalue weighted by Crippen LogP contribution is 2.29. The van der Waals surface area contributed by atoms with Crippen LogP contribution >= 0.6 is 27.5 Å². The minimum absolute atomic E-state index is 0.168. The zero-order valence-electron chi connectivity index (χ0n) is 10.8. The molecule has 7 heteroatoms. The summed E-state index contributed by atoms with van der Waals surface area (Å²) >= 11 is 9.21. The van der Waals surface area contributed by atoms with Crippen molar-refractivity contribution in [3.05, 3.63) is 27.7 Å². The van der Waals surface area contributed by atoms with Gasteiger partial charge in [0.2, 0.25) is 0 Å². The lowest BCUT2D eigenvalue weighted by molar-refractivity contribution is -0.137. The van der Waals surface area contributed by atoms with E-state index in [4.69, 9.17) is 16.7 Å². The molecule has 0 saturated heterocycles. The first-order valence-corrected chi connectivity index (χ1v) is 7.38. The van der Waals surface area contributed by atoms with Gasteiger partial charge >= 0.3 is 12.0 Å². The van der Waals surface area contributed by atoms with E-state index in [1.807, 2.05) is 0 Å². The van der Waals surface area contributed by atoms with Crippen molar-refractivity contribution >= 4 is 45.2 Å². The molecule has 0 fully saturated rings. The van der Waals surface area contributed by atoms with Gasteiger partial charge in [-0.15, -0.1) is 0 Å². The van der Waals surface area contributed by atoms with Crippen LogP contribution in [0, 0.1) is 0 Å². The van der Waals surface area contributed by atoms with Gasteiger partial charge < -0.3 is 15.7 Å². The van der Waals surface area contributed by atoms with E-state index in [0.29, 0.717) is 28.1 Å². The van der Waals surface area contributed by atoms with Crippen LogP contribution in [0.5, 0.6) is 0 Å². The minimum atomic E-state index is -0.790. The van der Waals surface area contributed by atoms with E-state index in [9.17, 15) is 9.59 Å². The van der Waals surface area contributed by atoms with Gasteiger partial charge in [0.25, 0.3) is 0 Å². The Hall–Kier alpha value is -1.27. The summed E-state index contributed by atoms with van der Waals surface area (Å²) in [6.45, 7) is 0.504. The molecule has 0 aromatic heterocycles. The predicted octanol–water partition coefficient (Wildman–Crippen LogP) is 3.87. The van der Waals surface area contributed by atoms with Crippen molar-refractivity contribution in [2.24, 2.45) is 0 Å². The van der Waals surface area contributed by atoms with Gasteiger partial charge in [0.1, 0.15) is 0 Å². The molecule has 0 radical (unpaired) electrons. The first kappa shape index (κ1) is 16.8. The minimum Gasteiger partial charge on any atom is -0.481 e. The van der Waals surface area contributed by atoms with Gasteiger partial charge in [0.15, 0.2) is 0 Å². The maximum atomic E-state index is 11.6. The quantitative estimate of drug-likeness (QED) is 0.643. The van der Waals surface area contributed by atoms with Gasteiger partial charge in [-0.05, 0) is 40.9 Å². The topological polar surface area (TPSA) is 78.4 Å². The molecule has 0 saturated carbocycles. The zero-order valence-corrected chi connectivity index (χ0v) is 13.1. The molecule has 0 heterocycles. The molecule has 20 heavy (non-hydrogen) atoms. The Morgan fingerprint density at radius 1 is 1.25 bits per heavy atom. The van der Waals surface area contributed by atoms with Crippen molar-refractivity contribution < 1.29 is 14.7 Å². The Balaban J connectivity index is 2.24. The van der Waals surface area contributed by atoms with E-state index in [1.165, 1.54) is 0 Å². The molecule has 0 atom stereocenters. The molecule has 0 unspecified atom stereocenters. The monoisotopic (exact) mass is 362 g/mol. The zero-order chi connectivity index (χ0) is 15.0. The number of halogens is 2. The van der Waals surface area contributed by atoms with Gasteiger partial charge in [-0.1, -0.05) is 24.1 Å². The fraction of sp³-hybridized carbons (Fsp3) is 0.385. The van der Waals surface area contributed by atoms with E-state index < -0.39 is 5.97 Å². The third-order valence-electron chi connectivity index (χ3n) is 2.55. The molecule has 2 amide bonds. The number of rotatable bonds is 7. The standard InChI is InChI=1S/C13H16BrClN2O3/c14-12-9(15)5-4-6-10(12)17-13(20)16-8-3-1-2-7-11(18)19/h4-6H,1-3,7-8H2,(H,18,19)(H2,16,17,20). The number of benzene rings is 1. The van der Waals surface area contributed by atoms with Crippen LogP contribution in [0.1, 0.15) is 25.7 Å². The number of carbonyl (C=O) groups is 2. The van der Waals surface area contributed by atoms with E-state index >= 15 is 0 Å². The average Bonchev–Trinajstić information content (AvgIpc) is 2.39. The van der Waals surface area contributed by atoms with Crippen molar-refractivity contribution in [1.82, 2.24) is 5.32 Å². The number of amides is 2. The Kier molecular flexibility index (Phi) is 7.40. The lowest BCUT2D eigenvalue weighted by atomic mass is 10.2. The Morgan fingerprint density at radius 2 is 2.00 bits per heavy atom. The van der Waals surface area contributed by atoms with Crippen molar-refractivity contribution in [2.45, 2.75) is 25.7 Å². The van der Waals surface area contributed by atoms with E-state index in [-0.39, 0.29) is 12.5 Å². The number of hydrogen-bond donors (Lipinski definition) is 3. The fourth-order valence-corrected chi connectivity index (χ4v) is 2.08. The number of aliphatic carboxylic acids is 1. The molecule has 1 rings (SSSR count). The summed E-state index contributed by atoms with van der Waals surface area (Å²) in [5, 5.41) is 14.4. The molecule has 1 aromatic carbocycles. The second kappa shape index (κ2) is 8.81. The van der Waals surface area contributed by atoms with Gasteiger partial charge in [-0.2, -0.15) is 0 Å². The van der Waals surface area contributed by atoms with Gasteiger partial charge in [0, 0.05) is 13.0 Å². The number of urea groups is 1.